The Morgan fingerprint density at radius 1 is 1.09 bits per heavy atom. The van der Waals surface area contributed by atoms with Gasteiger partial charge in [-0.25, -0.2) is 0 Å². The Kier molecular flexibility index (Phi) is 9.17. The van der Waals surface area contributed by atoms with E-state index in [1.807, 2.05) is 48.5 Å². The Labute approximate surface area is 212 Å². The minimum Gasteiger partial charge on any atom is -0.483 e. The van der Waals surface area contributed by atoms with Crippen LogP contribution in [0.5, 0.6) is 5.75 Å². The number of amides is 2. The van der Waals surface area contributed by atoms with Crippen molar-refractivity contribution in [2.45, 2.75) is 83.8 Å². The van der Waals surface area contributed by atoms with E-state index in [4.69, 9.17) is 4.74 Å². The second kappa shape index (κ2) is 11.9. The predicted molar refractivity (Wildman–Crippen MR) is 140 cm³/mol. The maximum atomic E-state index is 13.3. The lowest BCUT2D eigenvalue weighted by Gasteiger charge is -2.31. The third kappa shape index (κ3) is 7.33. The minimum absolute atomic E-state index is 0.0183. The van der Waals surface area contributed by atoms with Crippen molar-refractivity contribution < 1.29 is 14.3 Å². The van der Waals surface area contributed by atoms with Crippen molar-refractivity contribution in [3.05, 3.63) is 64.1 Å². The van der Waals surface area contributed by atoms with Crippen molar-refractivity contribution in [3.8, 4) is 5.75 Å². The average molecular weight is 530 g/mol. The van der Waals surface area contributed by atoms with Gasteiger partial charge in [-0.15, -0.1) is 0 Å². The first-order valence-corrected chi connectivity index (χ1v) is 13.0. The summed E-state index contributed by atoms with van der Waals surface area (Å²) in [4.78, 5) is 28.0. The molecule has 1 atom stereocenters. The van der Waals surface area contributed by atoms with Crippen LogP contribution >= 0.6 is 15.9 Å². The first-order chi connectivity index (χ1) is 16.1. The van der Waals surface area contributed by atoms with Gasteiger partial charge in [-0.1, -0.05) is 76.4 Å². The van der Waals surface area contributed by atoms with Crippen LogP contribution in [0.25, 0.3) is 0 Å². The van der Waals surface area contributed by atoms with E-state index in [0.29, 0.717) is 12.3 Å². The number of nitrogens with zero attached hydrogens (tertiary/aromatic N) is 1. The van der Waals surface area contributed by atoms with Crippen molar-refractivity contribution in [3.63, 3.8) is 0 Å². The zero-order valence-electron chi connectivity index (χ0n) is 20.8. The summed E-state index contributed by atoms with van der Waals surface area (Å²) in [7, 11) is 0. The van der Waals surface area contributed by atoms with Crippen LogP contribution in [-0.2, 0) is 21.5 Å². The van der Waals surface area contributed by atoms with E-state index in [-0.39, 0.29) is 29.9 Å². The number of benzene rings is 2. The highest BCUT2D eigenvalue weighted by Gasteiger charge is 2.28. The van der Waals surface area contributed by atoms with Gasteiger partial charge >= 0.3 is 0 Å². The standard InChI is InChI=1S/C28H37BrN2O3/c1-20(27(33)30-23-13-9-6-10-14-23)31(18-21-11-7-5-8-12-21)26(32)19-34-25-16-15-22(17-24(25)29)28(2,3)4/h5,7-8,11-12,15-17,20,23H,6,9-10,13-14,18-19H2,1-4H3,(H,30,33)/t20-/m1/s1. The van der Waals surface area contributed by atoms with Gasteiger partial charge in [0.15, 0.2) is 6.61 Å². The molecular formula is C28H37BrN2O3. The molecule has 0 saturated heterocycles. The Hall–Kier alpha value is -2.34. The lowest BCUT2D eigenvalue weighted by Crippen LogP contribution is -2.51. The molecule has 1 saturated carbocycles. The molecule has 0 aliphatic heterocycles. The predicted octanol–water partition coefficient (Wildman–Crippen LogP) is 5.99. The molecule has 1 N–H and O–H groups in total. The van der Waals surface area contributed by atoms with E-state index < -0.39 is 6.04 Å². The second-order valence-corrected chi connectivity index (χ2v) is 11.1. The van der Waals surface area contributed by atoms with Gasteiger partial charge in [0.05, 0.1) is 4.47 Å². The van der Waals surface area contributed by atoms with Gasteiger partial charge in [-0.05, 0) is 64.4 Å². The summed E-state index contributed by atoms with van der Waals surface area (Å²) in [6.45, 7) is 8.47. The highest BCUT2D eigenvalue weighted by molar-refractivity contribution is 9.10. The topological polar surface area (TPSA) is 58.6 Å². The molecule has 1 fully saturated rings. The molecule has 0 aromatic heterocycles. The summed E-state index contributed by atoms with van der Waals surface area (Å²) in [5, 5.41) is 3.16. The Balaban J connectivity index is 1.70. The molecule has 6 heteroatoms. The maximum absolute atomic E-state index is 13.3. The molecule has 0 spiro atoms. The van der Waals surface area contributed by atoms with E-state index in [1.54, 1.807) is 11.8 Å². The zero-order chi connectivity index (χ0) is 24.7. The van der Waals surface area contributed by atoms with Crippen molar-refractivity contribution in [1.82, 2.24) is 10.2 Å². The van der Waals surface area contributed by atoms with E-state index in [9.17, 15) is 9.59 Å². The van der Waals surface area contributed by atoms with E-state index >= 15 is 0 Å². The molecule has 2 amide bonds. The molecule has 184 valence electrons. The quantitative estimate of drug-likeness (QED) is 0.457. The Morgan fingerprint density at radius 3 is 2.38 bits per heavy atom. The Bertz CT molecular complexity index is 965. The van der Waals surface area contributed by atoms with E-state index in [2.05, 4.69) is 42.0 Å². The average Bonchev–Trinajstić information content (AvgIpc) is 2.81. The fraction of sp³-hybridized carbons (Fsp3) is 0.500. The molecule has 0 unspecified atom stereocenters. The largest absolute Gasteiger partial charge is 0.483 e. The highest BCUT2D eigenvalue weighted by Crippen LogP contribution is 2.31. The molecule has 2 aromatic carbocycles. The third-order valence-corrected chi connectivity index (χ3v) is 7.08. The number of carbonyl (C=O) groups is 2. The summed E-state index contributed by atoms with van der Waals surface area (Å²) in [6.07, 6.45) is 5.52. The number of halogens is 1. The van der Waals surface area contributed by atoms with Crippen molar-refractivity contribution >= 4 is 27.7 Å². The van der Waals surface area contributed by atoms with Crippen LogP contribution < -0.4 is 10.1 Å². The van der Waals surface area contributed by atoms with Gasteiger partial charge in [-0.3, -0.25) is 9.59 Å². The van der Waals surface area contributed by atoms with Gasteiger partial charge in [0.25, 0.3) is 5.91 Å². The van der Waals surface area contributed by atoms with Gasteiger partial charge in [-0.2, -0.15) is 0 Å². The molecule has 1 aliphatic rings. The summed E-state index contributed by atoms with van der Waals surface area (Å²) in [5.41, 5.74) is 2.17. The number of hydrogen-bond acceptors (Lipinski definition) is 3. The van der Waals surface area contributed by atoms with Crippen LogP contribution in [0, 0.1) is 0 Å². The van der Waals surface area contributed by atoms with Crippen molar-refractivity contribution in [1.29, 1.82) is 0 Å². The normalized spacial score (nSPS) is 15.4. The number of ether oxygens (including phenoxy) is 1. The molecule has 1 aliphatic carbocycles. The van der Waals surface area contributed by atoms with Crippen molar-refractivity contribution in [2.24, 2.45) is 0 Å². The lowest BCUT2D eigenvalue weighted by atomic mass is 9.87. The van der Waals surface area contributed by atoms with Gasteiger partial charge in [0, 0.05) is 12.6 Å². The molecule has 34 heavy (non-hydrogen) atoms. The minimum atomic E-state index is -0.593. The number of nitrogens with one attached hydrogen (secondary N) is 1. The van der Waals surface area contributed by atoms with Crippen LogP contribution in [0.1, 0.15) is 70.9 Å². The van der Waals surface area contributed by atoms with Crippen LogP contribution in [0.15, 0.2) is 53.0 Å². The zero-order valence-corrected chi connectivity index (χ0v) is 22.4. The molecular weight excluding hydrogens is 492 g/mol. The van der Waals surface area contributed by atoms with Crippen LogP contribution in [0.4, 0.5) is 0 Å². The first kappa shape index (κ1) is 26.3. The molecule has 3 rings (SSSR count). The van der Waals surface area contributed by atoms with E-state index in [0.717, 1.165) is 35.7 Å². The first-order valence-electron chi connectivity index (χ1n) is 12.2. The summed E-state index contributed by atoms with van der Waals surface area (Å²) in [5.74, 6) is 0.286. The smallest absolute Gasteiger partial charge is 0.261 e. The molecule has 2 aromatic rings. The van der Waals surface area contributed by atoms with Crippen LogP contribution in [0.3, 0.4) is 0 Å². The fourth-order valence-electron chi connectivity index (χ4n) is 4.24. The summed E-state index contributed by atoms with van der Waals surface area (Å²) in [6, 6.07) is 15.3. The monoisotopic (exact) mass is 528 g/mol. The number of rotatable bonds is 8. The second-order valence-electron chi connectivity index (χ2n) is 10.2. The van der Waals surface area contributed by atoms with Gasteiger partial charge in [0.1, 0.15) is 11.8 Å². The molecule has 0 radical (unpaired) electrons. The Morgan fingerprint density at radius 2 is 1.76 bits per heavy atom. The molecule has 0 heterocycles. The lowest BCUT2D eigenvalue weighted by molar-refractivity contribution is -0.142. The number of hydrogen-bond donors (Lipinski definition) is 1. The van der Waals surface area contributed by atoms with E-state index in [1.165, 1.54) is 12.0 Å². The van der Waals surface area contributed by atoms with Crippen LogP contribution in [0.2, 0.25) is 0 Å². The molecule has 5 nitrogen and oxygen atoms in total. The number of carbonyl (C=O) groups excluding carboxylic acids is 2. The van der Waals surface area contributed by atoms with Crippen molar-refractivity contribution in [2.75, 3.05) is 6.61 Å². The summed E-state index contributed by atoms with van der Waals surface area (Å²) >= 11 is 3.57. The van der Waals surface area contributed by atoms with Gasteiger partial charge < -0.3 is 15.0 Å². The summed E-state index contributed by atoms with van der Waals surface area (Å²) < 4.78 is 6.71. The SMILES string of the molecule is C[C@H](C(=O)NC1CCCCC1)N(Cc1ccccc1)C(=O)COc1ccc(C(C)(C)C)cc1Br. The maximum Gasteiger partial charge on any atom is 0.261 e. The fourth-order valence-corrected chi connectivity index (χ4v) is 4.73. The van der Waals surface area contributed by atoms with Crippen LogP contribution in [-0.4, -0.2) is 35.4 Å². The van der Waals surface area contributed by atoms with Gasteiger partial charge in [0.2, 0.25) is 5.91 Å². The third-order valence-electron chi connectivity index (χ3n) is 6.46. The highest BCUT2D eigenvalue weighted by atomic mass is 79.9. The molecule has 0 bridgehead atoms.